The van der Waals surface area contributed by atoms with Gasteiger partial charge in [-0.15, -0.1) is 0 Å². The summed E-state index contributed by atoms with van der Waals surface area (Å²) in [5.41, 5.74) is 0.400. The van der Waals surface area contributed by atoms with Gasteiger partial charge in [-0.3, -0.25) is 4.99 Å². The number of ether oxygens (including phenoxy) is 1. The lowest BCUT2D eigenvalue weighted by atomic mass is 9.54. The average Bonchev–Trinajstić information content (AvgIpc) is 3.13. The highest BCUT2D eigenvalue weighted by atomic mass is 32.2. The molecule has 2 aliphatic carbocycles. The van der Waals surface area contributed by atoms with Crippen LogP contribution in [0.5, 0.6) is 0 Å². The molecule has 3 aliphatic rings. The molecule has 3 atom stereocenters. The van der Waals surface area contributed by atoms with Gasteiger partial charge >= 0.3 is 0 Å². The van der Waals surface area contributed by atoms with Crippen LogP contribution in [-0.4, -0.2) is 49.8 Å². The molecular formula is C16H29N3OS. The van der Waals surface area contributed by atoms with Crippen LogP contribution in [0.4, 0.5) is 0 Å². The van der Waals surface area contributed by atoms with Crippen LogP contribution in [0.2, 0.25) is 0 Å². The van der Waals surface area contributed by atoms with E-state index in [1.54, 1.807) is 0 Å². The highest BCUT2D eigenvalue weighted by Crippen LogP contribution is 2.60. The van der Waals surface area contributed by atoms with Crippen LogP contribution >= 0.6 is 11.8 Å². The van der Waals surface area contributed by atoms with Gasteiger partial charge in [-0.1, -0.05) is 12.8 Å². The minimum atomic E-state index is 0.400. The van der Waals surface area contributed by atoms with E-state index in [-0.39, 0.29) is 0 Å². The number of guanidine groups is 1. The Hall–Kier alpha value is -0.420. The Morgan fingerprint density at radius 2 is 2.19 bits per heavy atom. The Bertz CT molecular complexity index is 382. The Morgan fingerprint density at radius 1 is 1.38 bits per heavy atom. The van der Waals surface area contributed by atoms with E-state index in [1.807, 2.05) is 11.8 Å². The summed E-state index contributed by atoms with van der Waals surface area (Å²) in [5, 5.41) is 7.18. The number of rotatable bonds is 5. The van der Waals surface area contributed by atoms with E-state index >= 15 is 0 Å². The number of fused-ring (bicyclic) bond motifs is 2. The van der Waals surface area contributed by atoms with Crippen molar-refractivity contribution in [3.63, 3.8) is 0 Å². The molecule has 0 aromatic heterocycles. The fourth-order valence-electron chi connectivity index (χ4n) is 4.62. The lowest BCUT2D eigenvalue weighted by Gasteiger charge is -2.57. The molecule has 1 spiro atoms. The summed E-state index contributed by atoms with van der Waals surface area (Å²) in [6.45, 7) is 4.91. The molecular weight excluding hydrogens is 282 g/mol. The van der Waals surface area contributed by atoms with Crippen LogP contribution < -0.4 is 10.6 Å². The molecule has 3 rings (SSSR count). The Kier molecular flexibility index (Phi) is 4.99. The van der Waals surface area contributed by atoms with Gasteiger partial charge in [-0.2, -0.15) is 11.8 Å². The van der Waals surface area contributed by atoms with E-state index in [1.165, 1.54) is 32.1 Å². The summed E-state index contributed by atoms with van der Waals surface area (Å²) in [5.74, 6) is 2.79. The van der Waals surface area contributed by atoms with Crippen LogP contribution in [0.3, 0.4) is 0 Å². The van der Waals surface area contributed by atoms with Crippen LogP contribution in [0, 0.1) is 11.3 Å². The fraction of sp³-hybridized carbons (Fsp3) is 0.938. The number of aliphatic imine (C=N–C) groups is 1. The summed E-state index contributed by atoms with van der Waals surface area (Å²) in [6, 6.07) is 0.569. The van der Waals surface area contributed by atoms with Gasteiger partial charge in [0.05, 0.1) is 12.6 Å². The lowest BCUT2D eigenvalue weighted by molar-refractivity contribution is -0.125. The number of thioether (sulfide) groups is 1. The molecule has 21 heavy (non-hydrogen) atoms. The first kappa shape index (κ1) is 15.5. The van der Waals surface area contributed by atoms with E-state index in [9.17, 15) is 0 Å². The monoisotopic (exact) mass is 311 g/mol. The largest absolute Gasteiger partial charge is 0.377 e. The maximum atomic E-state index is 6.06. The standard InChI is InChI=1S/C16H29N3OS/c1-3-17-15(18-9-11-21-2)19-13-12-6-10-20-14(12)16(13)7-4-5-8-16/h12-14H,3-11H2,1-2H3,(H2,17,18,19). The van der Waals surface area contributed by atoms with Gasteiger partial charge in [0.25, 0.3) is 0 Å². The van der Waals surface area contributed by atoms with Crippen molar-refractivity contribution >= 4 is 17.7 Å². The van der Waals surface area contributed by atoms with E-state index in [0.717, 1.165) is 31.4 Å². The minimum Gasteiger partial charge on any atom is -0.377 e. The highest BCUT2D eigenvalue weighted by Gasteiger charge is 2.65. The van der Waals surface area contributed by atoms with Crippen molar-refractivity contribution < 1.29 is 4.74 Å². The second-order valence-corrected chi connectivity index (χ2v) is 7.55. The minimum absolute atomic E-state index is 0.400. The SMILES string of the molecule is CCNC(=NCCSC)NC1C2CCOC2C12CCCC2. The zero-order valence-electron chi connectivity index (χ0n) is 13.4. The zero-order valence-corrected chi connectivity index (χ0v) is 14.2. The molecule has 0 radical (unpaired) electrons. The maximum absolute atomic E-state index is 6.06. The molecule has 0 aromatic carbocycles. The first-order valence-electron chi connectivity index (χ1n) is 8.47. The average molecular weight is 311 g/mol. The zero-order chi connectivity index (χ0) is 14.7. The molecule has 3 fully saturated rings. The Morgan fingerprint density at radius 3 is 2.90 bits per heavy atom. The topological polar surface area (TPSA) is 45.7 Å². The smallest absolute Gasteiger partial charge is 0.191 e. The third-order valence-electron chi connectivity index (χ3n) is 5.49. The molecule has 0 aromatic rings. The summed E-state index contributed by atoms with van der Waals surface area (Å²) < 4.78 is 6.06. The summed E-state index contributed by atoms with van der Waals surface area (Å²) >= 11 is 1.85. The third-order valence-corrected chi connectivity index (χ3v) is 6.08. The van der Waals surface area contributed by atoms with Gasteiger partial charge in [-0.25, -0.2) is 0 Å². The predicted molar refractivity (Wildman–Crippen MR) is 90.0 cm³/mol. The maximum Gasteiger partial charge on any atom is 0.191 e. The molecule has 1 heterocycles. The molecule has 3 unspecified atom stereocenters. The first-order chi connectivity index (χ1) is 10.3. The quantitative estimate of drug-likeness (QED) is 0.464. The van der Waals surface area contributed by atoms with E-state index < -0.39 is 0 Å². The summed E-state index contributed by atoms with van der Waals surface area (Å²) in [6.07, 6.45) is 9.26. The fourth-order valence-corrected chi connectivity index (χ4v) is 4.89. The molecule has 4 nitrogen and oxygen atoms in total. The van der Waals surface area contributed by atoms with Crippen molar-refractivity contribution in [3.05, 3.63) is 0 Å². The molecule has 2 saturated carbocycles. The number of hydrogen-bond acceptors (Lipinski definition) is 3. The Balaban J connectivity index is 1.67. The van der Waals surface area contributed by atoms with Crippen LogP contribution in [0.15, 0.2) is 4.99 Å². The lowest BCUT2D eigenvalue weighted by Crippen LogP contribution is -2.69. The van der Waals surface area contributed by atoms with Crippen LogP contribution in [-0.2, 0) is 4.74 Å². The molecule has 0 bridgehead atoms. The van der Waals surface area contributed by atoms with Gasteiger partial charge < -0.3 is 15.4 Å². The van der Waals surface area contributed by atoms with E-state index in [2.05, 4.69) is 23.8 Å². The highest BCUT2D eigenvalue weighted by molar-refractivity contribution is 7.98. The number of hydrogen-bond donors (Lipinski definition) is 2. The molecule has 2 N–H and O–H groups in total. The van der Waals surface area contributed by atoms with Gasteiger partial charge in [0, 0.05) is 36.3 Å². The van der Waals surface area contributed by atoms with Gasteiger partial charge in [0.2, 0.25) is 0 Å². The van der Waals surface area contributed by atoms with E-state index in [4.69, 9.17) is 9.73 Å². The number of nitrogens with zero attached hydrogens (tertiary/aromatic N) is 1. The molecule has 0 amide bonds. The molecule has 5 heteroatoms. The van der Waals surface area contributed by atoms with Crippen molar-refractivity contribution in [2.75, 3.05) is 31.7 Å². The van der Waals surface area contributed by atoms with Crippen molar-refractivity contribution in [3.8, 4) is 0 Å². The first-order valence-corrected chi connectivity index (χ1v) is 9.86. The van der Waals surface area contributed by atoms with Crippen molar-refractivity contribution in [1.82, 2.24) is 10.6 Å². The third kappa shape index (κ3) is 2.79. The van der Waals surface area contributed by atoms with Crippen LogP contribution in [0.25, 0.3) is 0 Å². The second kappa shape index (κ2) is 6.78. The second-order valence-electron chi connectivity index (χ2n) is 6.56. The normalized spacial score (nSPS) is 33.8. The summed E-state index contributed by atoms with van der Waals surface area (Å²) in [7, 11) is 0. The van der Waals surface area contributed by atoms with Gasteiger partial charge in [-0.05, 0) is 32.4 Å². The van der Waals surface area contributed by atoms with Gasteiger partial charge in [0.1, 0.15) is 0 Å². The van der Waals surface area contributed by atoms with Crippen molar-refractivity contribution in [2.45, 2.75) is 51.2 Å². The van der Waals surface area contributed by atoms with E-state index in [0.29, 0.717) is 23.5 Å². The predicted octanol–water partition coefficient (Wildman–Crippen LogP) is 2.25. The van der Waals surface area contributed by atoms with Crippen molar-refractivity contribution in [2.24, 2.45) is 16.3 Å². The van der Waals surface area contributed by atoms with Crippen LogP contribution in [0.1, 0.15) is 39.0 Å². The number of nitrogens with one attached hydrogen (secondary N) is 2. The molecule has 120 valence electrons. The molecule has 1 aliphatic heterocycles. The summed E-state index contributed by atoms with van der Waals surface area (Å²) in [4.78, 5) is 4.73. The van der Waals surface area contributed by atoms with Crippen molar-refractivity contribution in [1.29, 1.82) is 0 Å². The Labute approximate surface area is 132 Å². The van der Waals surface area contributed by atoms with Gasteiger partial charge in [0.15, 0.2) is 5.96 Å². The molecule has 1 saturated heterocycles.